The highest BCUT2D eigenvalue weighted by Crippen LogP contribution is 2.23. The number of hydrogen-bond acceptors (Lipinski definition) is 2. The number of hydrogen-bond donors (Lipinski definition) is 0. The van der Waals surface area contributed by atoms with Crippen LogP contribution < -0.4 is 0 Å². The van der Waals surface area contributed by atoms with Gasteiger partial charge in [-0.15, -0.1) is 0 Å². The van der Waals surface area contributed by atoms with Crippen LogP contribution >= 0.6 is 0 Å². The third-order valence-electron chi connectivity index (χ3n) is 2.39. The normalized spacial score (nSPS) is 14.4. The van der Waals surface area contributed by atoms with Crippen molar-refractivity contribution in [3.05, 3.63) is 46.5 Å². The largest absolute Gasteiger partial charge is 0.298 e. The molecular formula is C13H10O2. The van der Waals surface area contributed by atoms with Crippen LogP contribution in [0, 0.1) is 0 Å². The van der Waals surface area contributed by atoms with Gasteiger partial charge in [-0.05, 0) is 34.4 Å². The molecule has 0 spiro atoms. The molecule has 15 heavy (non-hydrogen) atoms. The van der Waals surface area contributed by atoms with Gasteiger partial charge in [0.05, 0.1) is 0 Å². The maximum Gasteiger partial charge on any atom is 0.146 e. The van der Waals surface area contributed by atoms with E-state index in [9.17, 15) is 9.59 Å². The zero-order valence-corrected chi connectivity index (χ0v) is 8.14. The topological polar surface area (TPSA) is 34.1 Å². The van der Waals surface area contributed by atoms with Crippen LogP contribution in [0.1, 0.15) is 17.5 Å². The van der Waals surface area contributed by atoms with Gasteiger partial charge in [0.15, 0.2) is 0 Å². The van der Waals surface area contributed by atoms with E-state index in [4.69, 9.17) is 0 Å². The Labute approximate surface area is 87.9 Å². The molecule has 0 heterocycles. The number of fused-ring (bicyclic) bond motifs is 1. The standard InChI is InChI=1S/C13H10O2/c14-8-10-5-11(9-15)7-13-4-2-1-3-12(13)6-10/h1-4,6-9H,5H2. The first-order chi connectivity index (χ1) is 7.33. The molecule has 74 valence electrons. The minimum absolute atomic E-state index is 0.418. The summed E-state index contributed by atoms with van der Waals surface area (Å²) in [4.78, 5) is 21.5. The van der Waals surface area contributed by atoms with Crippen molar-refractivity contribution in [1.29, 1.82) is 0 Å². The quantitative estimate of drug-likeness (QED) is 0.683. The van der Waals surface area contributed by atoms with Crippen molar-refractivity contribution in [3.63, 3.8) is 0 Å². The molecule has 0 radical (unpaired) electrons. The lowest BCUT2D eigenvalue weighted by molar-refractivity contribution is -0.105. The first-order valence-electron chi connectivity index (χ1n) is 4.74. The van der Waals surface area contributed by atoms with Crippen LogP contribution in [0.15, 0.2) is 35.4 Å². The van der Waals surface area contributed by atoms with Crippen molar-refractivity contribution >= 4 is 24.7 Å². The van der Waals surface area contributed by atoms with E-state index in [1.54, 1.807) is 0 Å². The fourth-order valence-electron chi connectivity index (χ4n) is 1.66. The highest BCUT2D eigenvalue weighted by atomic mass is 16.1. The van der Waals surface area contributed by atoms with Crippen LogP contribution in [0.3, 0.4) is 0 Å². The average Bonchev–Trinajstić information content (AvgIpc) is 2.47. The highest BCUT2D eigenvalue weighted by molar-refractivity contribution is 5.92. The van der Waals surface area contributed by atoms with Gasteiger partial charge >= 0.3 is 0 Å². The second-order valence-electron chi connectivity index (χ2n) is 3.48. The molecule has 1 aliphatic carbocycles. The molecular weight excluding hydrogens is 188 g/mol. The predicted molar refractivity (Wildman–Crippen MR) is 59.1 cm³/mol. The summed E-state index contributed by atoms with van der Waals surface area (Å²) in [6.45, 7) is 0. The average molecular weight is 198 g/mol. The first kappa shape index (κ1) is 9.59. The molecule has 0 bridgehead atoms. The van der Waals surface area contributed by atoms with E-state index in [1.807, 2.05) is 36.4 Å². The lowest BCUT2D eigenvalue weighted by atomic mass is 10.1. The summed E-state index contributed by atoms with van der Waals surface area (Å²) in [5, 5.41) is 0. The van der Waals surface area contributed by atoms with E-state index in [1.165, 1.54) is 0 Å². The summed E-state index contributed by atoms with van der Waals surface area (Å²) >= 11 is 0. The van der Waals surface area contributed by atoms with Crippen molar-refractivity contribution in [2.45, 2.75) is 6.42 Å². The molecule has 0 atom stereocenters. The second kappa shape index (κ2) is 4.05. The number of allylic oxidation sites excluding steroid dienone is 2. The molecule has 0 saturated heterocycles. The molecule has 1 aliphatic rings. The monoisotopic (exact) mass is 198 g/mol. The van der Waals surface area contributed by atoms with Gasteiger partial charge in [-0.3, -0.25) is 9.59 Å². The molecule has 2 nitrogen and oxygen atoms in total. The summed E-state index contributed by atoms with van der Waals surface area (Å²) in [7, 11) is 0. The molecule has 0 N–H and O–H groups in total. The number of aldehydes is 2. The van der Waals surface area contributed by atoms with Crippen LogP contribution in [0.5, 0.6) is 0 Å². The number of carbonyl (C=O) groups excluding carboxylic acids is 2. The van der Waals surface area contributed by atoms with Crippen LogP contribution in [0.2, 0.25) is 0 Å². The van der Waals surface area contributed by atoms with E-state index in [0.29, 0.717) is 17.6 Å². The summed E-state index contributed by atoms with van der Waals surface area (Å²) in [5.41, 5.74) is 3.24. The van der Waals surface area contributed by atoms with E-state index in [-0.39, 0.29) is 0 Å². The molecule has 0 saturated carbocycles. The third-order valence-corrected chi connectivity index (χ3v) is 2.39. The first-order valence-corrected chi connectivity index (χ1v) is 4.74. The van der Waals surface area contributed by atoms with Crippen molar-refractivity contribution < 1.29 is 9.59 Å². The maximum absolute atomic E-state index is 10.8. The molecule has 2 rings (SSSR count). The lowest BCUT2D eigenvalue weighted by Crippen LogP contribution is -1.88. The maximum atomic E-state index is 10.8. The Hall–Kier alpha value is -1.96. The van der Waals surface area contributed by atoms with Gasteiger partial charge in [-0.2, -0.15) is 0 Å². The molecule has 2 heteroatoms. The Morgan fingerprint density at radius 2 is 1.33 bits per heavy atom. The minimum atomic E-state index is 0.418. The van der Waals surface area contributed by atoms with Crippen molar-refractivity contribution in [1.82, 2.24) is 0 Å². The summed E-state index contributed by atoms with van der Waals surface area (Å²) < 4.78 is 0. The zero-order valence-electron chi connectivity index (χ0n) is 8.14. The summed E-state index contributed by atoms with van der Waals surface area (Å²) in [6.07, 6.45) is 5.69. The van der Waals surface area contributed by atoms with E-state index < -0.39 is 0 Å². The molecule has 1 aromatic carbocycles. The van der Waals surface area contributed by atoms with E-state index >= 15 is 0 Å². The van der Waals surface area contributed by atoms with E-state index in [2.05, 4.69) is 0 Å². The van der Waals surface area contributed by atoms with Gasteiger partial charge in [-0.1, -0.05) is 24.3 Å². The Morgan fingerprint density at radius 3 is 1.73 bits per heavy atom. The predicted octanol–water partition coefficient (Wildman–Crippen LogP) is 2.25. The third kappa shape index (κ3) is 1.94. The molecule has 0 aromatic heterocycles. The molecule has 0 amide bonds. The van der Waals surface area contributed by atoms with E-state index in [0.717, 1.165) is 23.7 Å². The minimum Gasteiger partial charge on any atom is -0.298 e. The number of rotatable bonds is 2. The number of benzene rings is 1. The molecule has 0 aliphatic heterocycles. The van der Waals surface area contributed by atoms with Gasteiger partial charge < -0.3 is 0 Å². The van der Waals surface area contributed by atoms with Crippen molar-refractivity contribution in [2.75, 3.05) is 0 Å². The van der Waals surface area contributed by atoms with Gasteiger partial charge in [0.1, 0.15) is 12.6 Å². The Morgan fingerprint density at radius 1 is 0.867 bits per heavy atom. The fraction of sp³-hybridized carbons (Fsp3) is 0.0769. The van der Waals surface area contributed by atoms with Crippen LogP contribution in [0.4, 0.5) is 0 Å². The van der Waals surface area contributed by atoms with Gasteiger partial charge in [0.25, 0.3) is 0 Å². The molecule has 0 unspecified atom stereocenters. The molecule has 1 aromatic rings. The summed E-state index contributed by atoms with van der Waals surface area (Å²) in [5.74, 6) is 0. The van der Waals surface area contributed by atoms with Gasteiger partial charge in [-0.25, -0.2) is 0 Å². The number of carbonyl (C=O) groups is 2. The Bertz CT molecular complexity index is 424. The van der Waals surface area contributed by atoms with Gasteiger partial charge in [0.2, 0.25) is 0 Å². The van der Waals surface area contributed by atoms with Crippen molar-refractivity contribution in [2.24, 2.45) is 0 Å². The van der Waals surface area contributed by atoms with Gasteiger partial charge in [0, 0.05) is 6.42 Å². The Kier molecular flexibility index (Phi) is 2.59. The Balaban J connectivity index is 2.60. The lowest BCUT2D eigenvalue weighted by Gasteiger charge is -1.97. The zero-order chi connectivity index (χ0) is 10.7. The van der Waals surface area contributed by atoms with Crippen LogP contribution in [-0.2, 0) is 9.59 Å². The second-order valence-corrected chi connectivity index (χ2v) is 3.48. The molecule has 0 fully saturated rings. The highest BCUT2D eigenvalue weighted by Gasteiger charge is 2.08. The van der Waals surface area contributed by atoms with Crippen molar-refractivity contribution in [3.8, 4) is 0 Å². The van der Waals surface area contributed by atoms with Crippen LogP contribution in [-0.4, -0.2) is 12.6 Å². The summed E-state index contributed by atoms with van der Waals surface area (Å²) in [6, 6.07) is 7.70. The van der Waals surface area contributed by atoms with Crippen LogP contribution in [0.25, 0.3) is 12.2 Å². The fourth-order valence-corrected chi connectivity index (χ4v) is 1.66. The SMILES string of the molecule is O=CC1=Cc2ccccc2C=C(C=O)C1. The smallest absolute Gasteiger partial charge is 0.146 e.